The lowest BCUT2D eigenvalue weighted by Gasteiger charge is -2.50. The number of imide groups is 2. The largest absolute Gasteiger partial charge is 0.508 e. The van der Waals surface area contributed by atoms with Gasteiger partial charge in [0.05, 0.1) is 34.5 Å². The van der Waals surface area contributed by atoms with Crippen LogP contribution in [0.3, 0.4) is 0 Å². The summed E-state index contributed by atoms with van der Waals surface area (Å²) in [5.41, 5.74) is 6.38. The second kappa shape index (κ2) is 13.1. The van der Waals surface area contributed by atoms with Crippen molar-refractivity contribution in [2.75, 3.05) is 10.3 Å². The van der Waals surface area contributed by atoms with Crippen molar-refractivity contribution in [3.05, 3.63) is 173 Å². The zero-order valence-electron chi connectivity index (χ0n) is 30.0. The van der Waals surface area contributed by atoms with E-state index in [0.717, 1.165) is 16.1 Å². The van der Waals surface area contributed by atoms with Gasteiger partial charge in [-0.25, -0.2) is 0 Å². The molecule has 0 spiro atoms. The number of fused-ring (bicyclic) bond motifs is 4. The Morgan fingerprint density at radius 2 is 1.35 bits per heavy atom. The first-order chi connectivity index (χ1) is 26.7. The highest BCUT2D eigenvalue weighted by molar-refractivity contribution is 6.23. The van der Waals surface area contributed by atoms with Gasteiger partial charge in [-0.05, 0) is 73.7 Å². The third-order valence-electron chi connectivity index (χ3n) is 12.1. The Bertz CT molecular complexity index is 2410. The average Bonchev–Trinajstić information content (AvgIpc) is 3.60. The van der Waals surface area contributed by atoms with E-state index in [2.05, 4.69) is 5.43 Å². The van der Waals surface area contributed by atoms with Gasteiger partial charge >= 0.3 is 0 Å². The summed E-state index contributed by atoms with van der Waals surface area (Å²) in [6.45, 7) is 1.95. The van der Waals surface area contributed by atoms with Crippen LogP contribution < -0.4 is 10.3 Å². The fraction of sp³-hybridized carbons (Fsp3) is 0.196. The number of aryl methyl sites for hydroxylation is 1. The molecular formula is C46H37N3O6. The highest BCUT2D eigenvalue weighted by Crippen LogP contribution is 2.65. The van der Waals surface area contributed by atoms with Gasteiger partial charge in [-0.15, -0.1) is 0 Å². The normalized spacial score (nSPS) is 25.6. The summed E-state index contributed by atoms with van der Waals surface area (Å²) in [7, 11) is 0. The van der Waals surface area contributed by atoms with Crippen LogP contribution in [0.15, 0.2) is 145 Å². The topological polar surface area (TPSA) is 124 Å². The van der Waals surface area contributed by atoms with Gasteiger partial charge in [0.25, 0.3) is 11.8 Å². The number of aromatic hydroxyl groups is 1. The second-order valence-electron chi connectivity index (χ2n) is 14.9. The van der Waals surface area contributed by atoms with Crippen molar-refractivity contribution >= 4 is 40.8 Å². The number of carbonyl (C=O) groups is 5. The molecule has 0 bridgehead atoms. The van der Waals surface area contributed by atoms with E-state index in [9.17, 15) is 24.3 Å². The van der Waals surface area contributed by atoms with Crippen LogP contribution in [0.4, 0.5) is 11.4 Å². The number of rotatable bonds is 7. The van der Waals surface area contributed by atoms with E-state index in [1.165, 1.54) is 4.90 Å². The second-order valence-corrected chi connectivity index (χ2v) is 14.9. The summed E-state index contributed by atoms with van der Waals surface area (Å²) in [5, 5.41) is 12.6. The SMILES string of the molecule is Cc1ccc(NN2C(=O)[C@@H]3C[C@@H]4C(=CC[C@@H]5C(=O)N(c6ccc(C(=O)c7ccccc7)cc6)C(=O)[C@@H]54)[C@H](c4ccccc4O)[C@]3(c3ccccc3)C2=O)cc1. The summed E-state index contributed by atoms with van der Waals surface area (Å²) in [5.74, 6) is -5.67. The molecule has 5 aromatic rings. The fourth-order valence-electron chi connectivity index (χ4n) is 9.60. The molecule has 2 N–H and O–H groups in total. The zero-order chi connectivity index (χ0) is 38.0. The molecule has 2 aliphatic heterocycles. The van der Waals surface area contributed by atoms with Gasteiger partial charge in [-0.3, -0.25) is 34.3 Å². The van der Waals surface area contributed by atoms with E-state index in [4.69, 9.17) is 0 Å². The number of carbonyl (C=O) groups excluding carboxylic acids is 5. The summed E-state index contributed by atoms with van der Waals surface area (Å²) in [4.78, 5) is 73.3. The number of nitrogens with one attached hydrogen (secondary N) is 1. The zero-order valence-corrected chi connectivity index (χ0v) is 30.0. The van der Waals surface area contributed by atoms with E-state index in [1.807, 2.05) is 73.7 Å². The van der Waals surface area contributed by atoms with Crippen molar-refractivity contribution in [3.63, 3.8) is 0 Å². The Morgan fingerprint density at radius 3 is 2.04 bits per heavy atom. The molecule has 5 aromatic carbocycles. The molecule has 9 rings (SSSR count). The van der Waals surface area contributed by atoms with E-state index >= 15 is 4.79 Å². The number of para-hydroxylation sites is 1. The van der Waals surface area contributed by atoms with Gasteiger partial charge < -0.3 is 5.11 Å². The predicted octanol–water partition coefficient (Wildman–Crippen LogP) is 7.12. The van der Waals surface area contributed by atoms with Crippen molar-refractivity contribution in [2.45, 2.75) is 31.1 Å². The number of hydrogen-bond donors (Lipinski definition) is 2. The van der Waals surface area contributed by atoms with Crippen molar-refractivity contribution in [3.8, 4) is 5.75 Å². The molecule has 0 radical (unpaired) electrons. The molecule has 272 valence electrons. The number of hydrogen-bond acceptors (Lipinski definition) is 7. The maximum Gasteiger partial charge on any atom is 0.260 e. The van der Waals surface area contributed by atoms with Gasteiger partial charge in [-0.2, -0.15) is 5.01 Å². The number of hydrazine groups is 1. The van der Waals surface area contributed by atoms with Gasteiger partial charge in [0.1, 0.15) is 5.75 Å². The van der Waals surface area contributed by atoms with E-state index in [1.54, 1.807) is 72.8 Å². The molecule has 0 unspecified atom stereocenters. The quantitative estimate of drug-likeness (QED) is 0.104. The molecular weight excluding hydrogens is 691 g/mol. The Morgan fingerprint density at radius 1 is 0.709 bits per heavy atom. The number of phenolic OH excluding ortho intramolecular Hbond substituents is 1. The minimum absolute atomic E-state index is 0.0315. The Balaban J connectivity index is 1.14. The molecule has 1 saturated carbocycles. The lowest BCUT2D eigenvalue weighted by Crippen LogP contribution is -2.53. The summed E-state index contributed by atoms with van der Waals surface area (Å²) in [6.07, 6.45) is 2.35. The maximum absolute atomic E-state index is 15.2. The van der Waals surface area contributed by atoms with Crippen LogP contribution in [-0.2, 0) is 24.6 Å². The molecule has 3 fully saturated rings. The van der Waals surface area contributed by atoms with E-state index in [-0.39, 0.29) is 36.2 Å². The van der Waals surface area contributed by atoms with Crippen LogP contribution >= 0.6 is 0 Å². The number of allylic oxidation sites excluding steroid dienone is 2. The molecule has 2 saturated heterocycles. The first kappa shape index (κ1) is 34.2. The van der Waals surface area contributed by atoms with Gasteiger partial charge in [0.15, 0.2) is 5.78 Å². The minimum Gasteiger partial charge on any atom is -0.508 e. The first-order valence-electron chi connectivity index (χ1n) is 18.5. The molecule has 0 aromatic heterocycles. The first-order valence-corrected chi connectivity index (χ1v) is 18.5. The molecule has 6 atom stereocenters. The smallest absolute Gasteiger partial charge is 0.260 e. The lowest BCUT2D eigenvalue weighted by molar-refractivity contribution is -0.138. The van der Waals surface area contributed by atoms with Crippen molar-refractivity contribution in [1.29, 1.82) is 0 Å². The van der Waals surface area contributed by atoms with Crippen LogP contribution in [0, 0.1) is 30.6 Å². The monoisotopic (exact) mass is 727 g/mol. The maximum atomic E-state index is 15.2. The summed E-state index contributed by atoms with van der Waals surface area (Å²) >= 11 is 0. The Kier molecular flexibility index (Phi) is 8.11. The number of amides is 4. The van der Waals surface area contributed by atoms with Crippen LogP contribution in [0.5, 0.6) is 5.75 Å². The summed E-state index contributed by atoms with van der Waals surface area (Å²) < 4.78 is 0. The standard InChI is InChI=1S/C46H37N3O6/c1-27-16-20-31(21-17-27)47-49-43(53)37-26-36-33(40(34-14-8-9-15-38(34)50)46(37,45(49)55)30-12-6-3-7-13-30)24-25-35-39(36)44(54)48(42(35)52)32-22-18-29(19-23-32)41(51)28-10-4-2-5-11-28/h2-24,35-37,39-40,47,50H,25-26H2,1H3/t35-,36+,37-,39-,40+,46+/m0/s1. The molecule has 55 heavy (non-hydrogen) atoms. The van der Waals surface area contributed by atoms with E-state index in [0.29, 0.717) is 33.6 Å². The number of nitrogens with zero attached hydrogens (tertiary/aromatic N) is 2. The van der Waals surface area contributed by atoms with Crippen LogP contribution in [0.25, 0.3) is 0 Å². The molecule has 9 heteroatoms. The summed E-state index contributed by atoms with van der Waals surface area (Å²) in [6, 6.07) is 38.8. The predicted molar refractivity (Wildman–Crippen MR) is 206 cm³/mol. The molecule has 2 heterocycles. The third-order valence-corrected chi connectivity index (χ3v) is 12.1. The highest BCUT2D eigenvalue weighted by Gasteiger charge is 2.70. The Hall–Kier alpha value is -6.61. The molecule has 4 aliphatic rings. The third kappa shape index (κ3) is 5.17. The lowest BCUT2D eigenvalue weighted by atomic mass is 9.49. The number of ketones is 1. The number of phenols is 1. The van der Waals surface area contributed by atoms with Gasteiger partial charge in [0.2, 0.25) is 11.8 Å². The Labute approximate surface area is 317 Å². The highest BCUT2D eigenvalue weighted by atomic mass is 16.3. The molecule has 4 amide bonds. The van der Waals surface area contributed by atoms with Gasteiger partial charge in [-0.1, -0.05) is 108 Å². The minimum atomic E-state index is -1.48. The van der Waals surface area contributed by atoms with E-state index < -0.39 is 46.8 Å². The van der Waals surface area contributed by atoms with Crippen molar-refractivity contribution in [2.24, 2.45) is 23.7 Å². The van der Waals surface area contributed by atoms with Crippen LogP contribution in [-0.4, -0.2) is 39.5 Å². The van der Waals surface area contributed by atoms with Crippen molar-refractivity contribution < 1.29 is 29.1 Å². The molecule has 9 nitrogen and oxygen atoms in total. The fourth-order valence-corrected chi connectivity index (χ4v) is 9.60. The van der Waals surface area contributed by atoms with Crippen LogP contribution in [0.2, 0.25) is 0 Å². The van der Waals surface area contributed by atoms with Crippen molar-refractivity contribution in [1.82, 2.24) is 5.01 Å². The van der Waals surface area contributed by atoms with Crippen LogP contribution in [0.1, 0.15) is 51.4 Å². The molecule has 2 aliphatic carbocycles. The van der Waals surface area contributed by atoms with Gasteiger partial charge in [0, 0.05) is 22.6 Å². The number of benzene rings is 5. The average molecular weight is 728 g/mol. The number of anilines is 2.